The van der Waals surface area contributed by atoms with E-state index in [4.69, 9.17) is 9.47 Å². The number of halogens is 3. The fourth-order valence-corrected chi connectivity index (χ4v) is 5.29. The van der Waals surface area contributed by atoms with E-state index in [9.17, 15) is 13.2 Å². The molecule has 5 rings (SSSR count). The lowest BCUT2D eigenvalue weighted by Crippen LogP contribution is -2.22. The summed E-state index contributed by atoms with van der Waals surface area (Å²) < 4.78 is 56.0. The highest BCUT2D eigenvalue weighted by Crippen LogP contribution is 2.47. The molecular formula is C28H33F3N6O2Si. The number of methoxy groups -OCH3 is 1. The number of aromatic nitrogens is 6. The molecule has 40 heavy (non-hydrogen) atoms. The molecule has 212 valence electrons. The van der Waals surface area contributed by atoms with Gasteiger partial charge in [0, 0.05) is 44.8 Å². The molecule has 12 heteroatoms. The van der Waals surface area contributed by atoms with Gasteiger partial charge in [0.2, 0.25) is 5.88 Å². The number of hydrogen-bond acceptors (Lipinski definition) is 6. The first kappa shape index (κ1) is 28.0. The van der Waals surface area contributed by atoms with E-state index in [1.807, 2.05) is 24.4 Å². The highest BCUT2D eigenvalue weighted by atomic mass is 28.3. The van der Waals surface area contributed by atoms with Crippen molar-refractivity contribution in [2.24, 2.45) is 0 Å². The summed E-state index contributed by atoms with van der Waals surface area (Å²) in [4.78, 5) is 13.0. The van der Waals surface area contributed by atoms with Crippen molar-refractivity contribution in [3.05, 3.63) is 66.1 Å². The molecule has 0 bridgehead atoms. The molecule has 0 saturated heterocycles. The van der Waals surface area contributed by atoms with Crippen molar-refractivity contribution >= 4 is 8.07 Å². The van der Waals surface area contributed by atoms with Crippen molar-refractivity contribution in [1.82, 2.24) is 29.3 Å². The van der Waals surface area contributed by atoms with E-state index in [0.717, 1.165) is 47.5 Å². The van der Waals surface area contributed by atoms with E-state index in [2.05, 4.69) is 39.7 Å². The van der Waals surface area contributed by atoms with Crippen LogP contribution in [0.1, 0.15) is 35.7 Å². The Morgan fingerprint density at radius 2 is 1.93 bits per heavy atom. The Morgan fingerprint density at radius 3 is 2.58 bits per heavy atom. The van der Waals surface area contributed by atoms with Crippen LogP contribution >= 0.6 is 0 Å². The van der Waals surface area contributed by atoms with Gasteiger partial charge in [-0.15, -0.1) is 0 Å². The van der Waals surface area contributed by atoms with Gasteiger partial charge in [0.05, 0.1) is 24.9 Å². The lowest BCUT2D eigenvalue weighted by Gasteiger charge is -2.18. The molecule has 0 spiro atoms. The van der Waals surface area contributed by atoms with Gasteiger partial charge in [-0.3, -0.25) is 4.68 Å². The van der Waals surface area contributed by atoms with Crippen molar-refractivity contribution < 1.29 is 22.6 Å². The van der Waals surface area contributed by atoms with Gasteiger partial charge in [-0.25, -0.2) is 15.0 Å². The maximum Gasteiger partial charge on any atom is 0.434 e. The molecule has 0 amide bonds. The van der Waals surface area contributed by atoms with Crippen LogP contribution in [0.4, 0.5) is 13.2 Å². The van der Waals surface area contributed by atoms with Crippen LogP contribution in [0.15, 0.2) is 49.2 Å². The normalized spacial score (nSPS) is 14.1. The number of nitrogens with zero attached hydrogens (tertiary/aromatic N) is 6. The molecule has 1 fully saturated rings. The van der Waals surface area contributed by atoms with Gasteiger partial charge in [-0.05, 0) is 42.1 Å². The van der Waals surface area contributed by atoms with E-state index in [1.165, 1.54) is 10.9 Å². The average Bonchev–Trinajstić information content (AvgIpc) is 3.44. The van der Waals surface area contributed by atoms with Gasteiger partial charge in [-0.2, -0.15) is 18.3 Å². The first-order valence-electron chi connectivity index (χ1n) is 13.3. The summed E-state index contributed by atoms with van der Waals surface area (Å²) in [6, 6.07) is 8.29. The van der Waals surface area contributed by atoms with Gasteiger partial charge in [0.15, 0.2) is 5.69 Å². The van der Waals surface area contributed by atoms with E-state index in [0.29, 0.717) is 24.6 Å². The topological polar surface area (TPSA) is 79.9 Å². The molecule has 0 aliphatic heterocycles. The van der Waals surface area contributed by atoms with Gasteiger partial charge < -0.3 is 14.0 Å². The van der Waals surface area contributed by atoms with Crippen molar-refractivity contribution in [3.63, 3.8) is 0 Å². The average molecular weight is 571 g/mol. The fourth-order valence-electron chi connectivity index (χ4n) is 4.53. The van der Waals surface area contributed by atoms with Crippen LogP contribution in [0.3, 0.4) is 0 Å². The molecule has 0 atom stereocenters. The van der Waals surface area contributed by atoms with E-state index in [1.54, 1.807) is 24.1 Å². The maximum atomic E-state index is 13.8. The molecule has 1 saturated carbocycles. The minimum absolute atomic E-state index is 0.0294. The standard InChI is InChI=1S/C28H33F3N6O2Si/c1-38-27-24(25(19-6-7-19)32-17-33-27)22-14-20(8-9-21(22)15-37-11-5-10-34-37)26-35-23(28(29,30)31)16-36(26)18-39-12-13-40(2,3)4/h5,8-11,14,16-17,19H,6-7,12-13,15,18H2,1-4H3. The summed E-state index contributed by atoms with van der Waals surface area (Å²) in [5.41, 5.74) is 2.86. The van der Waals surface area contributed by atoms with Crippen LogP contribution in [0, 0.1) is 0 Å². The second kappa shape index (κ2) is 11.2. The second-order valence-corrected chi connectivity index (χ2v) is 16.9. The minimum atomic E-state index is -4.59. The first-order valence-corrected chi connectivity index (χ1v) is 17.0. The summed E-state index contributed by atoms with van der Waals surface area (Å²) in [5.74, 6) is 0.882. The highest BCUT2D eigenvalue weighted by molar-refractivity contribution is 6.76. The van der Waals surface area contributed by atoms with Crippen molar-refractivity contribution in [1.29, 1.82) is 0 Å². The monoisotopic (exact) mass is 570 g/mol. The molecule has 3 heterocycles. The fraction of sp³-hybridized carbons (Fsp3) is 0.429. The lowest BCUT2D eigenvalue weighted by molar-refractivity contribution is -0.141. The summed E-state index contributed by atoms with van der Waals surface area (Å²) in [6.07, 6.45) is 3.50. The molecule has 1 aliphatic carbocycles. The zero-order chi connectivity index (χ0) is 28.5. The summed E-state index contributed by atoms with van der Waals surface area (Å²) >= 11 is 0. The Labute approximate surface area is 232 Å². The third-order valence-corrected chi connectivity index (χ3v) is 8.53. The van der Waals surface area contributed by atoms with Crippen LogP contribution < -0.4 is 4.74 Å². The molecule has 1 aromatic carbocycles. The van der Waals surface area contributed by atoms with Crippen molar-refractivity contribution in [2.45, 2.75) is 63.9 Å². The SMILES string of the molecule is COc1ncnc(C2CC2)c1-c1cc(-c2nc(C(F)(F)F)cn2COCC[Si](C)(C)C)ccc1Cn1cccn1. The molecule has 0 N–H and O–H groups in total. The quantitative estimate of drug-likeness (QED) is 0.152. The van der Waals surface area contributed by atoms with E-state index >= 15 is 0 Å². The first-order chi connectivity index (χ1) is 19.0. The van der Waals surface area contributed by atoms with Crippen LogP contribution in [-0.2, 0) is 24.2 Å². The molecule has 1 aliphatic rings. The predicted octanol–water partition coefficient (Wildman–Crippen LogP) is 6.47. The molecular weight excluding hydrogens is 537 g/mol. The van der Waals surface area contributed by atoms with Crippen LogP contribution in [0.2, 0.25) is 25.7 Å². The maximum absolute atomic E-state index is 13.8. The zero-order valence-electron chi connectivity index (χ0n) is 23.1. The smallest absolute Gasteiger partial charge is 0.434 e. The number of ether oxygens (including phenoxy) is 2. The van der Waals surface area contributed by atoms with Gasteiger partial charge in [-0.1, -0.05) is 31.8 Å². The Hall–Kier alpha value is -3.51. The zero-order valence-corrected chi connectivity index (χ0v) is 24.1. The van der Waals surface area contributed by atoms with Crippen LogP contribution in [0.25, 0.3) is 22.5 Å². The Kier molecular flexibility index (Phi) is 7.82. The van der Waals surface area contributed by atoms with Gasteiger partial charge >= 0.3 is 6.18 Å². The number of rotatable bonds is 11. The Balaban J connectivity index is 1.60. The minimum Gasteiger partial charge on any atom is -0.480 e. The third-order valence-electron chi connectivity index (χ3n) is 6.82. The summed E-state index contributed by atoms with van der Waals surface area (Å²) in [6.45, 7) is 7.58. The van der Waals surface area contributed by atoms with Crippen molar-refractivity contribution in [2.75, 3.05) is 13.7 Å². The van der Waals surface area contributed by atoms with Crippen LogP contribution in [-0.4, -0.2) is 51.1 Å². The summed E-state index contributed by atoms with van der Waals surface area (Å²) in [7, 11) is 0.200. The van der Waals surface area contributed by atoms with Gasteiger partial charge in [0.1, 0.15) is 18.9 Å². The number of benzene rings is 1. The van der Waals surface area contributed by atoms with E-state index < -0.39 is 19.9 Å². The number of hydrogen-bond donors (Lipinski definition) is 0. The third kappa shape index (κ3) is 6.44. The number of imidazole rings is 1. The molecule has 4 aromatic rings. The Bertz CT molecular complexity index is 1460. The Morgan fingerprint density at radius 1 is 1.12 bits per heavy atom. The molecule has 0 unspecified atom stereocenters. The van der Waals surface area contributed by atoms with E-state index in [-0.39, 0.29) is 18.5 Å². The lowest BCUT2D eigenvalue weighted by atomic mass is 9.94. The molecule has 0 radical (unpaired) electrons. The predicted molar refractivity (Wildman–Crippen MR) is 148 cm³/mol. The molecule has 3 aromatic heterocycles. The van der Waals surface area contributed by atoms with Crippen LogP contribution in [0.5, 0.6) is 5.88 Å². The largest absolute Gasteiger partial charge is 0.480 e. The van der Waals surface area contributed by atoms with Crippen molar-refractivity contribution in [3.8, 4) is 28.4 Å². The summed E-state index contributed by atoms with van der Waals surface area (Å²) in [5, 5.41) is 4.34. The highest BCUT2D eigenvalue weighted by Gasteiger charge is 2.35. The number of alkyl halides is 3. The second-order valence-electron chi connectivity index (χ2n) is 11.3. The molecule has 8 nitrogen and oxygen atoms in total. The van der Waals surface area contributed by atoms with Gasteiger partial charge in [0.25, 0.3) is 0 Å².